The minimum absolute atomic E-state index is 0.0413. The van der Waals surface area contributed by atoms with Gasteiger partial charge in [-0.1, -0.05) is 86.5 Å². The molecule has 0 bridgehead atoms. The van der Waals surface area contributed by atoms with E-state index >= 15 is 0 Å². The number of halogens is 2. The SMILES string of the molecule is CC[C@H](C)[C@H](NCc1cc(Cl)c(OCc2cccc(-c3ccccc3)c2Br)cc1OCc1cccnc1)C(=O)O. The van der Waals surface area contributed by atoms with Crippen molar-refractivity contribution in [3.8, 4) is 22.6 Å². The molecule has 1 aromatic heterocycles. The molecule has 2 N–H and O–H groups in total. The Kier molecular flexibility index (Phi) is 10.6. The lowest BCUT2D eigenvalue weighted by Crippen LogP contribution is -2.41. The second-order valence-corrected chi connectivity index (χ2v) is 10.8. The minimum Gasteiger partial charge on any atom is -0.488 e. The molecule has 8 heteroatoms. The van der Waals surface area contributed by atoms with Gasteiger partial charge in [-0.15, -0.1) is 0 Å². The summed E-state index contributed by atoms with van der Waals surface area (Å²) in [5, 5.41) is 13.3. The summed E-state index contributed by atoms with van der Waals surface area (Å²) in [6, 6.07) is 22.8. The number of hydrogen-bond donors (Lipinski definition) is 2. The number of benzene rings is 3. The van der Waals surface area contributed by atoms with E-state index in [-0.39, 0.29) is 19.1 Å². The molecule has 4 rings (SSSR count). The van der Waals surface area contributed by atoms with Gasteiger partial charge in [-0.25, -0.2) is 0 Å². The number of pyridine rings is 1. The van der Waals surface area contributed by atoms with E-state index in [9.17, 15) is 9.90 Å². The van der Waals surface area contributed by atoms with Gasteiger partial charge in [0.25, 0.3) is 0 Å². The van der Waals surface area contributed by atoms with E-state index < -0.39 is 12.0 Å². The summed E-state index contributed by atoms with van der Waals surface area (Å²) >= 11 is 10.4. The average Bonchev–Trinajstić information content (AvgIpc) is 2.97. The van der Waals surface area contributed by atoms with Gasteiger partial charge in [-0.2, -0.15) is 0 Å². The number of carbonyl (C=O) groups is 1. The second kappa shape index (κ2) is 14.3. The highest BCUT2D eigenvalue weighted by atomic mass is 79.9. The molecule has 0 aliphatic heterocycles. The van der Waals surface area contributed by atoms with Crippen LogP contribution < -0.4 is 14.8 Å². The number of carboxylic acid groups (broad SMARTS) is 1. The van der Waals surface area contributed by atoms with Crippen LogP contribution in [-0.2, 0) is 24.6 Å². The van der Waals surface area contributed by atoms with Crippen LogP contribution in [0.1, 0.15) is 37.0 Å². The summed E-state index contributed by atoms with van der Waals surface area (Å²) in [7, 11) is 0. The first-order valence-electron chi connectivity index (χ1n) is 13.1. The van der Waals surface area contributed by atoms with Crippen LogP contribution in [0.2, 0.25) is 5.02 Å². The number of ether oxygens (including phenoxy) is 2. The molecule has 4 aromatic rings. The van der Waals surface area contributed by atoms with Crippen molar-refractivity contribution in [3.63, 3.8) is 0 Å². The molecule has 208 valence electrons. The molecule has 0 saturated carbocycles. The summed E-state index contributed by atoms with van der Waals surface area (Å²) in [6.07, 6.45) is 4.19. The lowest BCUT2D eigenvalue weighted by molar-refractivity contribution is -0.140. The zero-order valence-corrected chi connectivity index (χ0v) is 24.8. The van der Waals surface area contributed by atoms with Gasteiger partial charge >= 0.3 is 5.97 Å². The van der Waals surface area contributed by atoms with E-state index in [1.165, 1.54) is 0 Å². The molecule has 2 atom stereocenters. The summed E-state index contributed by atoms with van der Waals surface area (Å²) in [5.41, 5.74) is 4.80. The highest BCUT2D eigenvalue weighted by Gasteiger charge is 2.23. The van der Waals surface area contributed by atoms with Gasteiger partial charge < -0.3 is 14.6 Å². The fraction of sp³-hybridized carbons (Fsp3) is 0.250. The van der Waals surface area contributed by atoms with Crippen molar-refractivity contribution in [1.29, 1.82) is 0 Å². The van der Waals surface area contributed by atoms with Crippen LogP contribution in [-0.4, -0.2) is 22.1 Å². The van der Waals surface area contributed by atoms with Crippen molar-refractivity contribution < 1.29 is 19.4 Å². The third-order valence-electron chi connectivity index (χ3n) is 6.77. The van der Waals surface area contributed by atoms with Crippen molar-refractivity contribution in [3.05, 3.63) is 111 Å². The summed E-state index contributed by atoms with van der Waals surface area (Å²) in [6.45, 7) is 4.74. The zero-order valence-electron chi connectivity index (χ0n) is 22.4. The van der Waals surface area contributed by atoms with Crippen molar-refractivity contribution in [2.45, 2.75) is 46.1 Å². The Hall–Kier alpha value is -3.39. The van der Waals surface area contributed by atoms with Gasteiger partial charge in [0.2, 0.25) is 0 Å². The number of carboxylic acids is 1. The standard InChI is InChI=1S/C32H32BrClN2O4/c1-3-21(2)31(32(37)38)36-18-25-15-27(34)29(16-28(25)39-19-22-9-8-14-35-17-22)40-20-24-12-7-13-26(30(24)33)23-10-5-4-6-11-23/h4-17,21,31,36H,3,18-20H2,1-2H3,(H,37,38)/t21-,31-/m0/s1. The molecule has 0 amide bonds. The molecular weight excluding hydrogens is 592 g/mol. The van der Waals surface area contributed by atoms with E-state index in [2.05, 4.69) is 44.4 Å². The molecular formula is C32H32BrClN2O4. The molecule has 0 spiro atoms. The first-order chi connectivity index (χ1) is 19.4. The summed E-state index contributed by atoms with van der Waals surface area (Å²) in [5.74, 6) is 0.100. The maximum absolute atomic E-state index is 11.8. The Balaban J connectivity index is 1.57. The van der Waals surface area contributed by atoms with Crippen molar-refractivity contribution >= 4 is 33.5 Å². The number of aromatic nitrogens is 1. The number of aliphatic carboxylic acids is 1. The van der Waals surface area contributed by atoms with Crippen LogP contribution >= 0.6 is 27.5 Å². The molecule has 0 unspecified atom stereocenters. The Morgan fingerprint density at radius 3 is 2.48 bits per heavy atom. The van der Waals surface area contributed by atoms with E-state index in [0.29, 0.717) is 23.1 Å². The Morgan fingerprint density at radius 2 is 1.77 bits per heavy atom. The lowest BCUT2D eigenvalue weighted by Gasteiger charge is -2.22. The highest BCUT2D eigenvalue weighted by Crippen LogP contribution is 2.36. The van der Waals surface area contributed by atoms with Gasteiger partial charge in [-0.3, -0.25) is 15.1 Å². The first kappa shape index (κ1) is 29.6. The summed E-state index contributed by atoms with van der Waals surface area (Å²) in [4.78, 5) is 16.0. The van der Waals surface area contributed by atoms with Gasteiger partial charge in [0.15, 0.2) is 0 Å². The fourth-order valence-corrected chi connectivity index (χ4v) is 5.13. The molecule has 6 nitrogen and oxygen atoms in total. The molecule has 0 radical (unpaired) electrons. The van der Waals surface area contributed by atoms with Crippen LogP contribution in [0.4, 0.5) is 0 Å². The Labute approximate surface area is 248 Å². The molecule has 0 aliphatic rings. The smallest absolute Gasteiger partial charge is 0.320 e. The summed E-state index contributed by atoms with van der Waals surface area (Å²) < 4.78 is 13.3. The van der Waals surface area contributed by atoms with Crippen LogP contribution in [0.3, 0.4) is 0 Å². The van der Waals surface area contributed by atoms with Gasteiger partial charge in [0, 0.05) is 46.2 Å². The molecule has 0 fully saturated rings. The van der Waals surface area contributed by atoms with E-state index in [1.807, 2.05) is 56.3 Å². The monoisotopic (exact) mass is 622 g/mol. The molecule has 0 saturated heterocycles. The molecule has 0 aliphatic carbocycles. The van der Waals surface area contributed by atoms with E-state index in [0.717, 1.165) is 38.7 Å². The van der Waals surface area contributed by atoms with Crippen LogP contribution in [0.5, 0.6) is 11.5 Å². The van der Waals surface area contributed by atoms with Crippen molar-refractivity contribution in [1.82, 2.24) is 10.3 Å². The van der Waals surface area contributed by atoms with Crippen LogP contribution in [0.15, 0.2) is 89.7 Å². The normalized spacial score (nSPS) is 12.5. The largest absolute Gasteiger partial charge is 0.488 e. The van der Waals surface area contributed by atoms with Crippen molar-refractivity contribution in [2.24, 2.45) is 5.92 Å². The zero-order chi connectivity index (χ0) is 28.5. The van der Waals surface area contributed by atoms with E-state index in [4.69, 9.17) is 21.1 Å². The fourth-order valence-electron chi connectivity index (χ4n) is 4.28. The third-order valence-corrected chi connectivity index (χ3v) is 8.00. The van der Waals surface area contributed by atoms with Gasteiger partial charge in [0.1, 0.15) is 30.8 Å². The number of nitrogens with one attached hydrogen (secondary N) is 1. The maximum Gasteiger partial charge on any atom is 0.320 e. The lowest BCUT2D eigenvalue weighted by atomic mass is 9.99. The quantitative estimate of drug-likeness (QED) is 0.158. The van der Waals surface area contributed by atoms with Crippen LogP contribution in [0, 0.1) is 5.92 Å². The van der Waals surface area contributed by atoms with Gasteiger partial charge in [0.05, 0.1) is 5.02 Å². The predicted octanol–water partition coefficient (Wildman–Crippen LogP) is 7.91. The third kappa shape index (κ3) is 7.62. The Bertz CT molecular complexity index is 1420. The Morgan fingerprint density at radius 1 is 1.00 bits per heavy atom. The average molecular weight is 624 g/mol. The number of hydrogen-bond acceptors (Lipinski definition) is 5. The highest BCUT2D eigenvalue weighted by molar-refractivity contribution is 9.10. The van der Waals surface area contributed by atoms with Crippen LogP contribution in [0.25, 0.3) is 11.1 Å². The number of rotatable bonds is 13. The minimum atomic E-state index is -0.887. The maximum atomic E-state index is 11.8. The number of nitrogens with zero attached hydrogens (tertiary/aromatic N) is 1. The molecule has 40 heavy (non-hydrogen) atoms. The molecule has 3 aromatic carbocycles. The van der Waals surface area contributed by atoms with Crippen molar-refractivity contribution in [2.75, 3.05) is 0 Å². The predicted molar refractivity (Wildman–Crippen MR) is 162 cm³/mol. The van der Waals surface area contributed by atoms with E-state index in [1.54, 1.807) is 24.5 Å². The second-order valence-electron chi connectivity index (χ2n) is 9.56. The molecule has 1 heterocycles. The first-order valence-corrected chi connectivity index (χ1v) is 14.3. The topological polar surface area (TPSA) is 80.7 Å². The van der Waals surface area contributed by atoms with Gasteiger partial charge in [-0.05, 0) is 45.1 Å².